The van der Waals surface area contributed by atoms with Gasteiger partial charge in [-0.3, -0.25) is 14.9 Å². The second-order valence-corrected chi connectivity index (χ2v) is 7.74. The average molecular weight is 446 g/mol. The Balaban J connectivity index is 1.74. The molecule has 11 heteroatoms. The molecule has 0 aliphatic carbocycles. The van der Waals surface area contributed by atoms with Crippen molar-refractivity contribution in [3.8, 4) is 22.7 Å². The number of rotatable bonds is 5. The fourth-order valence-corrected chi connectivity index (χ4v) is 4.20. The molecule has 2 aromatic carbocycles. The Morgan fingerprint density at radius 2 is 2.00 bits per heavy atom. The highest BCUT2D eigenvalue weighted by Gasteiger charge is 2.19. The van der Waals surface area contributed by atoms with Gasteiger partial charge in [-0.05, 0) is 30.3 Å². The summed E-state index contributed by atoms with van der Waals surface area (Å²) < 4.78 is 8.43. The van der Waals surface area contributed by atoms with Crippen LogP contribution in [0.2, 0.25) is 0 Å². The molecule has 0 N–H and O–H groups in total. The first-order chi connectivity index (χ1) is 15.5. The molecule has 5 rings (SSSR count). The van der Waals surface area contributed by atoms with Crippen LogP contribution in [0.5, 0.6) is 5.75 Å². The summed E-state index contributed by atoms with van der Waals surface area (Å²) >= 11 is 1.20. The predicted molar refractivity (Wildman–Crippen MR) is 118 cm³/mol. The standard InChI is InChI=1S/C21H14N6O4S/c1-31-17-8-7-13(9-16(17)27(29)30)19-14(11-25(24-19)15-5-3-2-4-6-15)10-18-20(28)26-21(32-18)22-12-23-26/h2-12H,1H3/b18-10-. The van der Waals surface area contributed by atoms with E-state index in [-0.39, 0.29) is 17.0 Å². The third-order valence-corrected chi connectivity index (χ3v) is 5.79. The molecule has 0 atom stereocenters. The number of nitrogens with zero attached hydrogens (tertiary/aromatic N) is 6. The topological polar surface area (TPSA) is 117 Å². The van der Waals surface area contributed by atoms with Gasteiger partial charge in [-0.25, -0.2) is 9.67 Å². The van der Waals surface area contributed by atoms with E-state index in [0.29, 0.717) is 26.3 Å². The molecule has 0 unspecified atom stereocenters. The summed E-state index contributed by atoms with van der Waals surface area (Å²) in [4.78, 5) is 28.2. The highest BCUT2D eigenvalue weighted by molar-refractivity contribution is 7.15. The minimum atomic E-state index is -0.504. The van der Waals surface area contributed by atoms with Crippen LogP contribution in [0.25, 0.3) is 28.0 Å². The van der Waals surface area contributed by atoms with Gasteiger partial charge < -0.3 is 4.74 Å². The van der Waals surface area contributed by atoms with Gasteiger partial charge in [0.2, 0.25) is 4.96 Å². The Kier molecular flexibility index (Phi) is 4.71. The van der Waals surface area contributed by atoms with Gasteiger partial charge in [0.1, 0.15) is 12.0 Å². The van der Waals surface area contributed by atoms with Gasteiger partial charge in [-0.2, -0.15) is 14.7 Å². The minimum Gasteiger partial charge on any atom is -0.490 e. The molecule has 0 fully saturated rings. The molecule has 0 aliphatic heterocycles. The third-order valence-electron chi connectivity index (χ3n) is 4.82. The van der Waals surface area contributed by atoms with Gasteiger partial charge in [-0.1, -0.05) is 29.5 Å². The summed E-state index contributed by atoms with van der Waals surface area (Å²) in [7, 11) is 1.38. The number of para-hydroxylation sites is 1. The lowest BCUT2D eigenvalue weighted by atomic mass is 10.1. The fourth-order valence-electron chi connectivity index (χ4n) is 3.33. The minimum absolute atomic E-state index is 0.152. The van der Waals surface area contributed by atoms with Gasteiger partial charge in [0.05, 0.1) is 22.3 Å². The number of ether oxygens (including phenoxy) is 1. The quantitative estimate of drug-likeness (QED) is 0.301. The molecule has 0 radical (unpaired) electrons. The van der Waals surface area contributed by atoms with Gasteiger partial charge in [0.25, 0.3) is 5.56 Å². The molecule has 10 nitrogen and oxygen atoms in total. The van der Waals surface area contributed by atoms with Gasteiger partial charge in [0.15, 0.2) is 5.75 Å². The van der Waals surface area contributed by atoms with Crippen molar-refractivity contribution < 1.29 is 9.66 Å². The van der Waals surface area contributed by atoms with Crippen molar-refractivity contribution >= 4 is 28.1 Å². The van der Waals surface area contributed by atoms with Crippen LogP contribution < -0.4 is 14.8 Å². The molecule has 0 aliphatic rings. The Bertz CT molecular complexity index is 1570. The summed E-state index contributed by atoms with van der Waals surface area (Å²) in [5.74, 6) is 0.152. The smallest absolute Gasteiger partial charge is 0.311 e. The highest BCUT2D eigenvalue weighted by Crippen LogP contribution is 2.33. The summed E-state index contributed by atoms with van der Waals surface area (Å²) in [5.41, 5.74) is 1.97. The van der Waals surface area contributed by atoms with Crippen LogP contribution >= 0.6 is 11.3 Å². The molecular formula is C21H14N6O4S. The number of nitro groups is 1. The molecule has 0 saturated carbocycles. The number of fused-ring (bicyclic) bond motifs is 1. The Hall–Kier alpha value is -4.38. The lowest BCUT2D eigenvalue weighted by Gasteiger charge is -2.04. The molecule has 5 aromatic rings. The van der Waals surface area contributed by atoms with Crippen molar-refractivity contribution in [3.05, 3.63) is 91.6 Å². The zero-order valence-corrected chi connectivity index (χ0v) is 17.4. The second-order valence-electron chi connectivity index (χ2n) is 6.73. The number of aromatic nitrogens is 5. The Labute approximate surface area is 183 Å². The maximum atomic E-state index is 12.7. The predicted octanol–water partition coefficient (Wildman–Crippen LogP) is 2.47. The van der Waals surface area contributed by atoms with Crippen molar-refractivity contribution in [1.82, 2.24) is 24.4 Å². The maximum absolute atomic E-state index is 12.7. The van der Waals surface area contributed by atoms with E-state index >= 15 is 0 Å². The van der Waals surface area contributed by atoms with E-state index in [0.717, 1.165) is 5.69 Å². The lowest BCUT2D eigenvalue weighted by Crippen LogP contribution is -2.23. The summed E-state index contributed by atoms with van der Waals surface area (Å²) in [6, 6.07) is 14.1. The van der Waals surface area contributed by atoms with Gasteiger partial charge in [0, 0.05) is 23.4 Å². The number of benzene rings is 2. The third kappa shape index (κ3) is 3.30. The second kappa shape index (κ2) is 7.71. The molecule has 0 amide bonds. The van der Waals surface area contributed by atoms with Crippen molar-refractivity contribution in [2.45, 2.75) is 0 Å². The zero-order valence-electron chi connectivity index (χ0n) is 16.6. The fraction of sp³-hybridized carbons (Fsp3) is 0.0476. The van der Waals surface area contributed by atoms with Crippen molar-refractivity contribution in [1.29, 1.82) is 0 Å². The number of methoxy groups -OCH3 is 1. The molecule has 32 heavy (non-hydrogen) atoms. The average Bonchev–Trinajstić information content (AvgIpc) is 3.51. The molecule has 3 heterocycles. The highest BCUT2D eigenvalue weighted by atomic mass is 32.1. The van der Waals surface area contributed by atoms with Crippen molar-refractivity contribution in [2.75, 3.05) is 7.11 Å². The van der Waals surface area contributed by atoms with Gasteiger partial charge >= 0.3 is 5.69 Å². The van der Waals surface area contributed by atoms with Crippen molar-refractivity contribution in [2.24, 2.45) is 0 Å². The van der Waals surface area contributed by atoms with E-state index in [4.69, 9.17) is 4.74 Å². The van der Waals surface area contributed by atoms with Crippen LogP contribution in [0, 0.1) is 10.1 Å². The summed E-state index contributed by atoms with van der Waals surface area (Å²) in [6.45, 7) is 0. The molecule has 0 spiro atoms. The van der Waals surface area contributed by atoms with Crippen molar-refractivity contribution in [3.63, 3.8) is 0 Å². The SMILES string of the molecule is COc1ccc(-c2nn(-c3ccccc3)cc2/C=c2\sc3ncnn3c2=O)cc1[N+](=O)[O-]. The molecule has 0 bridgehead atoms. The largest absolute Gasteiger partial charge is 0.490 e. The molecule has 0 saturated heterocycles. The maximum Gasteiger partial charge on any atom is 0.311 e. The van der Waals surface area contributed by atoms with Gasteiger partial charge in [-0.15, -0.1) is 0 Å². The van der Waals surface area contributed by atoms with Crippen LogP contribution in [-0.2, 0) is 0 Å². The normalized spacial score (nSPS) is 11.8. The number of hydrogen-bond donors (Lipinski definition) is 0. The Morgan fingerprint density at radius 3 is 2.72 bits per heavy atom. The molecule has 158 valence electrons. The van der Waals surface area contributed by atoms with Crippen LogP contribution in [-0.4, -0.2) is 36.4 Å². The summed E-state index contributed by atoms with van der Waals surface area (Å²) in [6.07, 6.45) is 4.80. The molecular weight excluding hydrogens is 432 g/mol. The monoisotopic (exact) mass is 446 g/mol. The number of hydrogen-bond acceptors (Lipinski definition) is 8. The van der Waals surface area contributed by atoms with Crippen LogP contribution in [0.15, 0.2) is 65.8 Å². The number of thiazole rings is 1. The van der Waals surface area contributed by atoms with Crippen LogP contribution in [0.3, 0.4) is 0 Å². The van der Waals surface area contributed by atoms with E-state index in [1.54, 1.807) is 23.0 Å². The first kappa shape index (κ1) is 19.6. The van der Waals surface area contributed by atoms with Crippen LogP contribution in [0.1, 0.15) is 5.56 Å². The zero-order chi connectivity index (χ0) is 22.2. The van der Waals surface area contributed by atoms with E-state index in [9.17, 15) is 14.9 Å². The van der Waals surface area contributed by atoms with E-state index in [1.807, 2.05) is 30.3 Å². The first-order valence-electron chi connectivity index (χ1n) is 9.37. The summed E-state index contributed by atoms with van der Waals surface area (Å²) in [5, 5.41) is 20.1. The first-order valence-corrected chi connectivity index (χ1v) is 10.2. The number of nitro benzene ring substituents is 1. The van der Waals surface area contributed by atoms with E-state index < -0.39 is 4.92 Å². The lowest BCUT2D eigenvalue weighted by molar-refractivity contribution is -0.385. The Morgan fingerprint density at radius 1 is 1.19 bits per heavy atom. The van der Waals surface area contributed by atoms with E-state index in [2.05, 4.69) is 15.2 Å². The van der Waals surface area contributed by atoms with Crippen LogP contribution in [0.4, 0.5) is 5.69 Å². The van der Waals surface area contributed by atoms with E-state index in [1.165, 1.54) is 41.4 Å². The molecule has 3 aromatic heterocycles.